The first-order valence-corrected chi connectivity index (χ1v) is 11.2. The highest BCUT2D eigenvalue weighted by Gasteiger charge is 2.23. The van der Waals surface area contributed by atoms with Gasteiger partial charge in [0.1, 0.15) is 0 Å². The summed E-state index contributed by atoms with van der Waals surface area (Å²) in [6, 6.07) is 21.9. The summed E-state index contributed by atoms with van der Waals surface area (Å²) in [5.74, 6) is 1.09. The minimum atomic E-state index is 0.0858. The zero-order valence-corrected chi connectivity index (χ0v) is 17.7. The number of carbonyl (C=O) groups excluding carboxylic acids is 1. The molecule has 2 aromatic carbocycles. The van der Waals surface area contributed by atoms with E-state index in [-0.39, 0.29) is 5.91 Å². The Morgan fingerprint density at radius 2 is 1.81 bits per heavy atom. The van der Waals surface area contributed by atoms with E-state index in [4.69, 9.17) is 0 Å². The number of hydrogen-bond acceptors (Lipinski definition) is 5. The lowest BCUT2D eigenvalue weighted by Crippen LogP contribution is -2.36. The lowest BCUT2D eigenvalue weighted by molar-refractivity contribution is -0.116. The molecule has 3 heterocycles. The van der Waals surface area contributed by atoms with E-state index < -0.39 is 0 Å². The minimum absolute atomic E-state index is 0.0858. The van der Waals surface area contributed by atoms with Gasteiger partial charge in [0.2, 0.25) is 5.91 Å². The molecule has 31 heavy (non-hydrogen) atoms. The number of nitrogens with zero attached hydrogens (tertiary/aromatic N) is 5. The van der Waals surface area contributed by atoms with Crippen molar-refractivity contribution in [2.75, 3.05) is 17.2 Å². The van der Waals surface area contributed by atoms with Crippen LogP contribution in [0.5, 0.6) is 0 Å². The number of carbonyl (C=O) groups is 1. The number of benzene rings is 2. The monoisotopic (exact) mass is 427 g/mol. The van der Waals surface area contributed by atoms with Gasteiger partial charge in [-0.25, -0.2) is 0 Å². The quantitative estimate of drug-likeness (QED) is 0.442. The maximum Gasteiger partial charge on any atom is 0.237 e. The largest absolute Gasteiger partial charge is 0.311 e. The van der Waals surface area contributed by atoms with Crippen LogP contribution in [0.1, 0.15) is 12.0 Å². The molecule has 0 aliphatic carbocycles. The Hall–Kier alpha value is -3.45. The normalized spacial score (nSPS) is 13.1. The molecule has 0 radical (unpaired) electrons. The van der Waals surface area contributed by atoms with Crippen LogP contribution in [-0.4, -0.2) is 38.0 Å². The summed E-state index contributed by atoms with van der Waals surface area (Å²) in [5, 5.41) is 9.51. The number of anilines is 1. The molecule has 0 N–H and O–H groups in total. The second-order valence-electron chi connectivity index (χ2n) is 7.29. The average Bonchev–Trinajstić information content (AvgIpc) is 3.27. The van der Waals surface area contributed by atoms with Gasteiger partial charge in [0.25, 0.3) is 0 Å². The molecule has 0 unspecified atom stereocenters. The third kappa shape index (κ3) is 3.96. The fourth-order valence-corrected chi connectivity index (χ4v) is 4.68. The Balaban J connectivity index is 1.43. The van der Waals surface area contributed by atoms with Crippen LogP contribution in [0.4, 0.5) is 5.69 Å². The molecule has 0 fully saturated rings. The standard InChI is InChI=1S/C24H21N5OS/c30-22(28-15-7-10-18-8-4-5-13-21(18)28)17-31-24-27-26-23(19-9-6-14-25-16-19)29(24)20-11-2-1-3-12-20/h1-6,8-9,11-14,16H,7,10,15,17H2. The van der Waals surface area contributed by atoms with Crippen molar-refractivity contribution in [2.24, 2.45) is 0 Å². The summed E-state index contributed by atoms with van der Waals surface area (Å²) in [6.45, 7) is 0.753. The number of pyridine rings is 1. The van der Waals surface area contributed by atoms with Gasteiger partial charge in [-0.2, -0.15) is 0 Å². The topological polar surface area (TPSA) is 63.9 Å². The third-order valence-corrected chi connectivity index (χ3v) is 6.22. The van der Waals surface area contributed by atoms with Crippen molar-refractivity contribution < 1.29 is 4.79 Å². The van der Waals surface area contributed by atoms with Gasteiger partial charge < -0.3 is 4.90 Å². The summed E-state index contributed by atoms with van der Waals surface area (Å²) in [6.07, 6.45) is 5.51. The molecule has 1 amide bonds. The number of thioether (sulfide) groups is 1. The number of aromatic nitrogens is 4. The Bertz CT molecular complexity index is 1190. The summed E-state index contributed by atoms with van der Waals surface area (Å²) in [4.78, 5) is 19.2. The highest BCUT2D eigenvalue weighted by Crippen LogP contribution is 2.30. The zero-order chi connectivity index (χ0) is 21.0. The number of para-hydroxylation sites is 2. The van der Waals surface area contributed by atoms with Crippen molar-refractivity contribution >= 4 is 23.4 Å². The van der Waals surface area contributed by atoms with E-state index >= 15 is 0 Å². The second-order valence-corrected chi connectivity index (χ2v) is 8.23. The predicted octanol–water partition coefficient (Wildman–Crippen LogP) is 4.40. The van der Waals surface area contributed by atoms with Crippen molar-refractivity contribution in [3.05, 3.63) is 84.7 Å². The molecule has 0 saturated carbocycles. The van der Waals surface area contributed by atoms with E-state index in [9.17, 15) is 4.79 Å². The van der Waals surface area contributed by atoms with Gasteiger partial charge in [0.15, 0.2) is 11.0 Å². The van der Waals surface area contributed by atoms with Crippen molar-refractivity contribution in [1.29, 1.82) is 0 Å². The summed E-state index contributed by atoms with van der Waals surface area (Å²) in [7, 11) is 0. The van der Waals surface area contributed by atoms with Gasteiger partial charge >= 0.3 is 0 Å². The van der Waals surface area contributed by atoms with Crippen molar-refractivity contribution in [2.45, 2.75) is 18.0 Å². The molecule has 7 heteroatoms. The van der Waals surface area contributed by atoms with Crippen LogP contribution in [0.25, 0.3) is 17.1 Å². The second kappa shape index (κ2) is 8.73. The lowest BCUT2D eigenvalue weighted by atomic mass is 10.0. The maximum absolute atomic E-state index is 13.1. The van der Waals surface area contributed by atoms with E-state index in [0.29, 0.717) is 16.7 Å². The van der Waals surface area contributed by atoms with Gasteiger partial charge in [-0.15, -0.1) is 10.2 Å². The summed E-state index contributed by atoms with van der Waals surface area (Å²) >= 11 is 1.41. The van der Waals surface area contributed by atoms with Crippen LogP contribution in [0, 0.1) is 0 Å². The molecule has 6 nitrogen and oxygen atoms in total. The number of hydrogen-bond donors (Lipinski definition) is 0. The Morgan fingerprint density at radius 3 is 2.65 bits per heavy atom. The van der Waals surface area contributed by atoms with Crippen LogP contribution < -0.4 is 4.90 Å². The zero-order valence-electron chi connectivity index (χ0n) is 16.9. The fourth-order valence-electron chi connectivity index (χ4n) is 3.85. The molecular formula is C24H21N5OS. The summed E-state index contributed by atoms with van der Waals surface area (Å²) in [5.41, 5.74) is 4.09. The molecule has 0 spiro atoms. The molecule has 154 valence electrons. The molecule has 2 aromatic heterocycles. The van der Waals surface area contributed by atoms with Crippen LogP contribution >= 0.6 is 11.8 Å². The van der Waals surface area contributed by atoms with E-state index in [0.717, 1.165) is 36.3 Å². The van der Waals surface area contributed by atoms with Crippen molar-refractivity contribution in [3.63, 3.8) is 0 Å². The lowest BCUT2D eigenvalue weighted by Gasteiger charge is -2.29. The third-order valence-electron chi connectivity index (χ3n) is 5.30. The van der Waals surface area contributed by atoms with Crippen LogP contribution in [0.3, 0.4) is 0 Å². The van der Waals surface area contributed by atoms with E-state index in [1.54, 1.807) is 12.4 Å². The average molecular weight is 428 g/mol. The van der Waals surface area contributed by atoms with Crippen LogP contribution in [0.2, 0.25) is 0 Å². The minimum Gasteiger partial charge on any atom is -0.311 e. The van der Waals surface area contributed by atoms with E-state index in [2.05, 4.69) is 21.2 Å². The molecule has 1 aliphatic rings. The number of rotatable bonds is 5. The Morgan fingerprint density at radius 1 is 0.968 bits per heavy atom. The van der Waals surface area contributed by atoms with Gasteiger partial charge in [0, 0.05) is 35.9 Å². The van der Waals surface area contributed by atoms with Gasteiger partial charge in [0.05, 0.1) is 5.75 Å². The van der Waals surface area contributed by atoms with Gasteiger partial charge in [-0.1, -0.05) is 48.2 Å². The molecule has 5 rings (SSSR count). The number of fused-ring (bicyclic) bond motifs is 1. The van der Waals surface area contributed by atoms with Gasteiger partial charge in [-0.05, 0) is 48.7 Å². The number of amides is 1. The number of aryl methyl sites for hydroxylation is 1. The molecule has 4 aromatic rings. The Labute approximate surface area is 185 Å². The first-order chi connectivity index (χ1) is 15.3. The van der Waals surface area contributed by atoms with Crippen LogP contribution in [-0.2, 0) is 11.2 Å². The van der Waals surface area contributed by atoms with E-state index in [1.807, 2.05) is 70.1 Å². The molecule has 0 atom stereocenters. The van der Waals surface area contributed by atoms with Crippen molar-refractivity contribution in [1.82, 2.24) is 19.7 Å². The maximum atomic E-state index is 13.1. The molecule has 1 aliphatic heterocycles. The molecule has 0 saturated heterocycles. The van der Waals surface area contributed by atoms with Crippen LogP contribution in [0.15, 0.2) is 84.3 Å². The van der Waals surface area contributed by atoms with E-state index in [1.165, 1.54) is 17.3 Å². The first kappa shape index (κ1) is 19.5. The molecule has 0 bridgehead atoms. The smallest absolute Gasteiger partial charge is 0.237 e. The van der Waals surface area contributed by atoms with Crippen molar-refractivity contribution in [3.8, 4) is 17.1 Å². The Kier molecular flexibility index (Phi) is 5.50. The molecular weight excluding hydrogens is 406 g/mol. The highest BCUT2D eigenvalue weighted by atomic mass is 32.2. The SMILES string of the molecule is O=C(CSc1nnc(-c2cccnc2)n1-c1ccccc1)N1CCCc2ccccc21. The fraction of sp³-hybridized carbons (Fsp3) is 0.167. The highest BCUT2D eigenvalue weighted by molar-refractivity contribution is 7.99. The predicted molar refractivity (Wildman–Crippen MR) is 122 cm³/mol. The summed E-state index contributed by atoms with van der Waals surface area (Å²) < 4.78 is 1.99. The van der Waals surface area contributed by atoms with Gasteiger partial charge in [-0.3, -0.25) is 14.3 Å². The first-order valence-electron chi connectivity index (χ1n) is 10.2.